The van der Waals surface area contributed by atoms with Crippen LogP contribution in [-0.4, -0.2) is 30.3 Å². The highest BCUT2D eigenvalue weighted by Crippen LogP contribution is 2.23. The maximum Gasteiger partial charge on any atom is 0.262 e. The summed E-state index contributed by atoms with van der Waals surface area (Å²) in [5.41, 5.74) is 2.81. The Morgan fingerprint density at radius 3 is 2.62 bits per heavy atom. The highest BCUT2D eigenvalue weighted by Gasteiger charge is 2.10. The van der Waals surface area contributed by atoms with Gasteiger partial charge in [0.15, 0.2) is 6.61 Å². The molecule has 26 heavy (non-hydrogen) atoms. The molecule has 2 aromatic rings. The lowest BCUT2D eigenvalue weighted by molar-refractivity contribution is -0.118. The van der Waals surface area contributed by atoms with Crippen molar-refractivity contribution in [2.24, 2.45) is 0 Å². The summed E-state index contributed by atoms with van der Waals surface area (Å²) in [4.78, 5) is 12.1. The van der Waals surface area contributed by atoms with Gasteiger partial charge in [0.2, 0.25) is 0 Å². The predicted octanol–water partition coefficient (Wildman–Crippen LogP) is 3.64. The van der Waals surface area contributed by atoms with E-state index in [2.05, 4.69) is 26.6 Å². The van der Waals surface area contributed by atoms with Gasteiger partial charge in [-0.25, -0.2) is 0 Å². The lowest BCUT2D eigenvalue weighted by atomic mass is 10.1. The Hall–Kier alpha value is -1.89. The van der Waals surface area contributed by atoms with Crippen LogP contribution in [0.25, 0.3) is 0 Å². The normalized spacial score (nSPS) is 11.8. The molecule has 0 aliphatic heterocycles. The van der Waals surface area contributed by atoms with Gasteiger partial charge in [-0.2, -0.15) is 0 Å². The first kappa shape index (κ1) is 20.4. The molecule has 0 unspecified atom stereocenters. The fourth-order valence-corrected chi connectivity index (χ4v) is 2.81. The average molecular weight is 421 g/mol. The second kappa shape index (κ2) is 10.3. The Morgan fingerprint density at radius 2 is 1.96 bits per heavy atom. The highest BCUT2D eigenvalue weighted by atomic mass is 79.9. The van der Waals surface area contributed by atoms with Crippen molar-refractivity contribution >= 4 is 27.5 Å². The van der Waals surface area contributed by atoms with Crippen LogP contribution in [0, 0.1) is 6.92 Å². The van der Waals surface area contributed by atoms with Crippen molar-refractivity contribution in [3.8, 4) is 5.75 Å². The van der Waals surface area contributed by atoms with Crippen molar-refractivity contribution in [1.82, 2.24) is 5.32 Å². The summed E-state index contributed by atoms with van der Waals surface area (Å²) < 4.78 is 6.65. The molecule has 1 amide bonds. The maximum absolute atomic E-state index is 12.1. The van der Waals surface area contributed by atoms with Gasteiger partial charge in [-0.15, -0.1) is 0 Å². The Kier molecular flexibility index (Phi) is 8.09. The number of anilines is 1. The summed E-state index contributed by atoms with van der Waals surface area (Å²) in [5.74, 6) is 0.435. The van der Waals surface area contributed by atoms with Crippen LogP contribution in [0.1, 0.15) is 24.5 Å². The van der Waals surface area contributed by atoms with Gasteiger partial charge in [-0.1, -0.05) is 40.5 Å². The van der Waals surface area contributed by atoms with Crippen LogP contribution in [0.5, 0.6) is 5.75 Å². The number of carbonyl (C=O) groups excluding carboxylic acids is 1. The third-order valence-corrected chi connectivity index (χ3v) is 4.50. The van der Waals surface area contributed by atoms with E-state index in [4.69, 9.17) is 4.74 Å². The topological polar surface area (TPSA) is 70.6 Å². The van der Waals surface area contributed by atoms with Crippen molar-refractivity contribution in [3.63, 3.8) is 0 Å². The first-order valence-electron chi connectivity index (χ1n) is 8.63. The number of rotatable bonds is 9. The van der Waals surface area contributed by atoms with Gasteiger partial charge in [0, 0.05) is 28.3 Å². The molecule has 0 aliphatic carbocycles. The molecule has 0 heterocycles. The monoisotopic (exact) mass is 420 g/mol. The van der Waals surface area contributed by atoms with E-state index < -0.39 is 0 Å². The third-order valence-electron chi connectivity index (χ3n) is 4.01. The molecule has 3 N–H and O–H groups in total. The number of hydrogen-bond donors (Lipinski definition) is 3. The lowest BCUT2D eigenvalue weighted by Crippen LogP contribution is -2.31. The minimum Gasteiger partial charge on any atom is -0.483 e. The summed E-state index contributed by atoms with van der Waals surface area (Å²) >= 11 is 3.46. The van der Waals surface area contributed by atoms with Crippen LogP contribution >= 0.6 is 15.9 Å². The molecule has 0 saturated heterocycles. The molecule has 1 atom stereocenters. The molecule has 6 heteroatoms. The summed E-state index contributed by atoms with van der Waals surface area (Å²) in [6, 6.07) is 13.3. The average Bonchev–Trinajstić information content (AvgIpc) is 2.64. The number of hydrogen-bond acceptors (Lipinski definition) is 4. The van der Waals surface area contributed by atoms with Crippen LogP contribution in [-0.2, 0) is 11.3 Å². The summed E-state index contributed by atoms with van der Waals surface area (Å²) in [5, 5.41) is 15.4. The number of benzene rings is 2. The van der Waals surface area contributed by atoms with Crippen molar-refractivity contribution in [1.29, 1.82) is 0 Å². The number of ether oxygens (including phenoxy) is 1. The SMILES string of the molecule is CC[C@H](CO)NCc1cc(Br)ccc1OCC(=O)Nc1ccc(C)cc1. The Balaban J connectivity index is 1.95. The molecule has 0 aromatic heterocycles. The predicted molar refractivity (Wildman–Crippen MR) is 107 cm³/mol. The zero-order valence-corrected chi connectivity index (χ0v) is 16.7. The molecule has 140 valence electrons. The van der Waals surface area contributed by atoms with Gasteiger partial charge in [0.25, 0.3) is 5.91 Å². The van der Waals surface area contributed by atoms with E-state index in [0.717, 1.165) is 27.7 Å². The molecular formula is C20H25BrN2O3. The van der Waals surface area contributed by atoms with Crippen molar-refractivity contribution < 1.29 is 14.6 Å². The molecular weight excluding hydrogens is 396 g/mol. The number of aliphatic hydroxyl groups excluding tert-OH is 1. The zero-order chi connectivity index (χ0) is 18.9. The molecule has 2 aromatic carbocycles. The second-order valence-electron chi connectivity index (χ2n) is 6.12. The number of nitrogens with one attached hydrogen (secondary N) is 2. The van der Waals surface area contributed by atoms with Gasteiger partial charge in [-0.05, 0) is 43.7 Å². The van der Waals surface area contributed by atoms with Crippen molar-refractivity contribution in [3.05, 3.63) is 58.1 Å². The van der Waals surface area contributed by atoms with E-state index in [1.165, 1.54) is 0 Å². The third kappa shape index (κ3) is 6.44. The van der Waals surface area contributed by atoms with Crippen LogP contribution in [0.4, 0.5) is 5.69 Å². The number of aryl methyl sites for hydroxylation is 1. The molecule has 5 nitrogen and oxygen atoms in total. The first-order chi connectivity index (χ1) is 12.5. The fraction of sp³-hybridized carbons (Fsp3) is 0.350. The van der Waals surface area contributed by atoms with E-state index >= 15 is 0 Å². The second-order valence-corrected chi connectivity index (χ2v) is 7.04. The van der Waals surface area contributed by atoms with E-state index in [9.17, 15) is 9.90 Å². The molecule has 0 radical (unpaired) electrons. The minimum atomic E-state index is -0.211. The number of aliphatic hydroxyl groups is 1. The van der Waals surface area contributed by atoms with Crippen molar-refractivity contribution in [2.45, 2.75) is 32.9 Å². The van der Waals surface area contributed by atoms with E-state index in [-0.39, 0.29) is 25.2 Å². The summed E-state index contributed by atoms with van der Waals surface area (Å²) in [7, 11) is 0. The van der Waals surface area contributed by atoms with Crippen molar-refractivity contribution in [2.75, 3.05) is 18.5 Å². The molecule has 0 spiro atoms. The maximum atomic E-state index is 12.1. The van der Waals surface area contributed by atoms with Gasteiger partial charge < -0.3 is 20.5 Å². The molecule has 0 saturated carbocycles. The van der Waals surface area contributed by atoms with Gasteiger partial charge in [-0.3, -0.25) is 4.79 Å². The highest BCUT2D eigenvalue weighted by molar-refractivity contribution is 9.10. The quantitative estimate of drug-likeness (QED) is 0.578. The first-order valence-corrected chi connectivity index (χ1v) is 9.43. The Labute approximate surface area is 162 Å². The Bertz CT molecular complexity index is 715. The van der Waals surface area contributed by atoms with E-state index in [1.807, 2.05) is 56.3 Å². The zero-order valence-electron chi connectivity index (χ0n) is 15.1. The van der Waals surface area contributed by atoms with Crippen LogP contribution < -0.4 is 15.4 Å². The Morgan fingerprint density at radius 1 is 1.23 bits per heavy atom. The smallest absolute Gasteiger partial charge is 0.262 e. The molecule has 0 aliphatic rings. The van der Waals surface area contributed by atoms with Crippen LogP contribution in [0.15, 0.2) is 46.9 Å². The van der Waals surface area contributed by atoms with Gasteiger partial charge in [0.1, 0.15) is 5.75 Å². The minimum absolute atomic E-state index is 0.0340. The van der Waals surface area contributed by atoms with E-state index in [1.54, 1.807) is 0 Å². The van der Waals surface area contributed by atoms with Gasteiger partial charge in [0.05, 0.1) is 6.61 Å². The number of halogens is 1. The lowest BCUT2D eigenvalue weighted by Gasteiger charge is -2.17. The van der Waals surface area contributed by atoms with Crippen LogP contribution in [0.3, 0.4) is 0 Å². The standard InChI is InChI=1S/C20H25BrN2O3/c1-3-17(12-24)22-11-15-10-16(21)6-9-19(15)26-13-20(25)23-18-7-4-14(2)5-8-18/h4-10,17,22,24H,3,11-13H2,1-2H3,(H,23,25)/t17-/m1/s1. The fourth-order valence-electron chi connectivity index (χ4n) is 2.40. The van der Waals surface area contributed by atoms with Gasteiger partial charge >= 0.3 is 0 Å². The van der Waals surface area contributed by atoms with Crippen LogP contribution in [0.2, 0.25) is 0 Å². The number of carbonyl (C=O) groups is 1. The largest absolute Gasteiger partial charge is 0.483 e. The molecule has 2 rings (SSSR count). The summed E-state index contributed by atoms with van der Waals surface area (Å²) in [6.07, 6.45) is 0.833. The van der Waals surface area contributed by atoms with E-state index in [0.29, 0.717) is 12.3 Å². The molecule has 0 bridgehead atoms. The number of amides is 1. The molecule has 0 fully saturated rings. The summed E-state index contributed by atoms with van der Waals surface area (Å²) in [6.45, 7) is 4.58.